The van der Waals surface area contributed by atoms with Crippen LogP contribution in [-0.2, 0) is 33.7 Å². The molecule has 0 aliphatic carbocycles. The first-order chi connectivity index (χ1) is 18.4. The Morgan fingerprint density at radius 1 is 0.949 bits per heavy atom. The number of nitrogens with zero attached hydrogens (tertiary/aromatic N) is 2. The Morgan fingerprint density at radius 2 is 1.69 bits per heavy atom. The molecular weight excluding hydrogens is 516 g/mol. The van der Waals surface area contributed by atoms with Crippen LogP contribution in [-0.4, -0.2) is 66.9 Å². The molecule has 2 aromatic carbocycles. The number of likely N-dealkylation sites (tertiary alicyclic amines) is 1. The highest BCUT2D eigenvalue weighted by molar-refractivity contribution is 5.96. The van der Waals surface area contributed by atoms with Gasteiger partial charge in [-0.15, -0.1) is 12.4 Å². The summed E-state index contributed by atoms with van der Waals surface area (Å²) in [6.45, 7) is 7.97. The summed E-state index contributed by atoms with van der Waals surface area (Å²) in [6, 6.07) is 14.1. The molecule has 0 radical (unpaired) electrons. The van der Waals surface area contributed by atoms with E-state index in [1.165, 1.54) is 11.1 Å². The van der Waals surface area contributed by atoms with Crippen LogP contribution in [0.25, 0.3) is 0 Å². The van der Waals surface area contributed by atoms with Crippen LogP contribution in [0.4, 0.5) is 0 Å². The molecule has 1 fully saturated rings. The molecule has 1 amide bonds. The Morgan fingerprint density at radius 3 is 2.41 bits per heavy atom. The van der Waals surface area contributed by atoms with Crippen LogP contribution >= 0.6 is 12.4 Å². The lowest BCUT2D eigenvalue weighted by Gasteiger charge is -2.31. The van der Waals surface area contributed by atoms with Crippen molar-refractivity contribution in [3.63, 3.8) is 0 Å². The van der Waals surface area contributed by atoms with Gasteiger partial charge in [0.25, 0.3) is 0 Å². The monoisotopic (exact) mass is 556 g/mol. The number of fused-ring (bicyclic) bond motifs is 1. The molecule has 2 aromatic rings. The van der Waals surface area contributed by atoms with E-state index in [0.29, 0.717) is 24.7 Å². The first-order valence-corrected chi connectivity index (χ1v) is 13.9. The van der Waals surface area contributed by atoms with Gasteiger partial charge in [-0.3, -0.25) is 14.5 Å². The van der Waals surface area contributed by atoms with E-state index >= 15 is 0 Å². The third-order valence-corrected chi connectivity index (χ3v) is 7.73. The van der Waals surface area contributed by atoms with Crippen molar-refractivity contribution in [2.75, 3.05) is 39.4 Å². The number of esters is 1. The largest absolute Gasteiger partial charge is 0.482 e. The summed E-state index contributed by atoms with van der Waals surface area (Å²) >= 11 is 0. The number of carbonyl (C=O) groups is 3. The summed E-state index contributed by atoms with van der Waals surface area (Å²) in [5.74, 6) is 1.20. The second-order valence-corrected chi connectivity index (χ2v) is 10.4. The quantitative estimate of drug-likeness (QED) is 0.307. The highest BCUT2D eigenvalue weighted by Gasteiger charge is 2.22. The number of Topliss-reactive ketones (excluding diaryl/α,β-unsaturated/α-hetero) is 1. The van der Waals surface area contributed by atoms with Gasteiger partial charge in [0.05, 0.1) is 6.61 Å². The average Bonchev–Trinajstić information content (AvgIpc) is 3.13. The zero-order valence-corrected chi connectivity index (χ0v) is 24.0. The zero-order valence-electron chi connectivity index (χ0n) is 23.2. The van der Waals surface area contributed by atoms with Crippen LogP contribution in [0.1, 0.15) is 66.6 Å². The third kappa shape index (κ3) is 9.07. The van der Waals surface area contributed by atoms with E-state index in [1.54, 1.807) is 13.8 Å². The van der Waals surface area contributed by atoms with Crippen LogP contribution in [0.2, 0.25) is 0 Å². The molecule has 0 aromatic heterocycles. The molecular formula is C31H41ClN2O5. The maximum absolute atomic E-state index is 13.0. The molecule has 0 saturated carbocycles. The smallest absolute Gasteiger partial charge is 0.344 e. The number of hydrogen-bond donors (Lipinski definition) is 0. The molecule has 4 rings (SSSR count). The normalized spacial score (nSPS) is 16.0. The lowest BCUT2D eigenvalue weighted by atomic mass is 9.89. The van der Waals surface area contributed by atoms with E-state index in [0.717, 1.165) is 76.0 Å². The maximum atomic E-state index is 13.0. The fourth-order valence-corrected chi connectivity index (χ4v) is 5.46. The van der Waals surface area contributed by atoms with Gasteiger partial charge in [0.1, 0.15) is 5.75 Å². The molecule has 39 heavy (non-hydrogen) atoms. The molecule has 0 bridgehead atoms. The van der Waals surface area contributed by atoms with Gasteiger partial charge in [-0.2, -0.15) is 0 Å². The summed E-state index contributed by atoms with van der Waals surface area (Å²) in [5, 5.41) is 0. The minimum absolute atomic E-state index is 0. The Balaban J connectivity index is 0.00000420. The van der Waals surface area contributed by atoms with E-state index in [1.807, 2.05) is 29.2 Å². The molecule has 0 spiro atoms. The summed E-state index contributed by atoms with van der Waals surface area (Å²) < 4.78 is 10.5. The lowest BCUT2D eigenvalue weighted by molar-refractivity contribution is -0.145. The first-order valence-electron chi connectivity index (χ1n) is 13.9. The second kappa shape index (κ2) is 15.0. The first kappa shape index (κ1) is 30.6. The molecule has 0 atom stereocenters. The van der Waals surface area contributed by atoms with Crippen molar-refractivity contribution < 1.29 is 23.9 Å². The maximum Gasteiger partial charge on any atom is 0.344 e. The predicted molar refractivity (Wildman–Crippen MR) is 153 cm³/mol. The fourth-order valence-electron chi connectivity index (χ4n) is 5.46. The van der Waals surface area contributed by atoms with E-state index in [2.05, 4.69) is 23.1 Å². The Hall–Kier alpha value is -2.90. The van der Waals surface area contributed by atoms with Crippen LogP contribution in [0, 0.1) is 5.92 Å². The minimum Gasteiger partial charge on any atom is -0.482 e. The average molecular weight is 557 g/mol. The van der Waals surface area contributed by atoms with Crippen molar-refractivity contribution in [1.82, 2.24) is 9.80 Å². The fraction of sp³-hybridized carbons (Fsp3) is 0.516. The number of carbonyl (C=O) groups excluding carboxylic acids is 3. The van der Waals surface area contributed by atoms with Crippen LogP contribution in [0.3, 0.4) is 0 Å². The van der Waals surface area contributed by atoms with Crippen molar-refractivity contribution in [2.24, 2.45) is 5.92 Å². The molecule has 0 unspecified atom stereocenters. The van der Waals surface area contributed by atoms with Crippen LogP contribution in [0.5, 0.6) is 5.75 Å². The number of benzene rings is 2. The summed E-state index contributed by atoms with van der Waals surface area (Å²) in [7, 11) is 0. The summed E-state index contributed by atoms with van der Waals surface area (Å²) in [5.41, 5.74) is 4.57. The van der Waals surface area contributed by atoms with Gasteiger partial charge < -0.3 is 14.4 Å². The number of piperidine rings is 1. The topological polar surface area (TPSA) is 76.2 Å². The van der Waals surface area contributed by atoms with Gasteiger partial charge in [0.2, 0.25) is 5.91 Å². The molecule has 212 valence electrons. The number of halogens is 1. The SMILES string of the molecule is CCOC(=O)COc1cccc(CN2CCc3ccc(C(=O)CCC4CCN(C(C)=O)CC4)cc3CC2)c1.Cl. The van der Waals surface area contributed by atoms with Crippen LogP contribution < -0.4 is 4.74 Å². The van der Waals surface area contributed by atoms with Gasteiger partial charge in [-0.1, -0.05) is 24.3 Å². The van der Waals surface area contributed by atoms with E-state index < -0.39 is 0 Å². The van der Waals surface area contributed by atoms with Crippen molar-refractivity contribution in [3.05, 3.63) is 64.7 Å². The lowest BCUT2D eigenvalue weighted by Crippen LogP contribution is -2.37. The van der Waals surface area contributed by atoms with Crippen molar-refractivity contribution in [2.45, 2.75) is 58.9 Å². The highest BCUT2D eigenvalue weighted by Crippen LogP contribution is 2.25. The van der Waals surface area contributed by atoms with Crippen molar-refractivity contribution >= 4 is 30.1 Å². The molecule has 0 N–H and O–H groups in total. The molecule has 8 heteroatoms. The van der Waals surface area contributed by atoms with Crippen LogP contribution in [0.15, 0.2) is 42.5 Å². The number of rotatable bonds is 10. The van der Waals surface area contributed by atoms with Gasteiger partial charge in [-0.05, 0) is 79.8 Å². The van der Waals surface area contributed by atoms with Gasteiger partial charge >= 0.3 is 5.97 Å². The highest BCUT2D eigenvalue weighted by atomic mass is 35.5. The Labute approximate surface area is 238 Å². The van der Waals surface area contributed by atoms with Crippen molar-refractivity contribution in [3.8, 4) is 5.75 Å². The molecule has 7 nitrogen and oxygen atoms in total. The standard InChI is InChI=1S/C31H40N2O5.ClH/c1-3-37-31(36)22-38-29-6-4-5-25(19-29)21-32-15-13-26-8-9-28(20-27(26)14-16-32)30(35)10-7-24-11-17-33(18-12-24)23(2)34;/h4-6,8-9,19-20,24H,3,7,10-18,21-22H2,1-2H3;1H. The number of ketones is 1. The molecule has 1 saturated heterocycles. The minimum atomic E-state index is -0.365. The van der Waals surface area contributed by atoms with Gasteiger partial charge in [0.15, 0.2) is 12.4 Å². The second-order valence-electron chi connectivity index (χ2n) is 10.4. The molecule has 2 aliphatic heterocycles. The molecule has 2 aliphatic rings. The Bertz CT molecular complexity index is 1130. The zero-order chi connectivity index (χ0) is 26.9. The van der Waals surface area contributed by atoms with E-state index in [4.69, 9.17) is 9.47 Å². The van der Waals surface area contributed by atoms with E-state index in [9.17, 15) is 14.4 Å². The van der Waals surface area contributed by atoms with Gasteiger partial charge in [-0.25, -0.2) is 4.79 Å². The number of ether oxygens (including phenoxy) is 2. The molecule has 2 heterocycles. The predicted octanol–water partition coefficient (Wildman–Crippen LogP) is 4.87. The Kier molecular flexibility index (Phi) is 11.8. The third-order valence-electron chi connectivity index (χ3n) is 7.73. The summed E-state index contributed by atoms with van der Waals surface area (Å²) in [6.07, 6.45) is 5.33. The van der Waals surface area contributed by atoms with Crippen molar-refractivity contribution in [1.29, 1.82) is 0 Å². The van der Waals surface area contributed by atoms with E-state index in [-0.39, 0.29) is 36.7 Å². The summed E-state index contributed by atoms with van der Waals surface area (Å²) in [4.78, 5) is 40.4. The van der Waals surface area contributed by atoms with Gasteiger partial charge in [0, 0.05) is 51.6 Å². The number of amides is 1. The number of hydrogen-bond acceptors (Lipinski definition) is 6.